The number of benzene rings is 2. The van der Waals surface area contributed by atoms with Crippen LogP contribution in [-0.4, -0.2) is 18.4 Å². The predicted octanol–water partition coefficient (Wildman–Crippen LogP) is 3.37. The fourth-order valence-corrected chi connectivity index (χ4v) is 3.36. The van der Waals surface area contributed by atoms with Gasteiger partial charge in [-0.1, -0.05) is 18.2 Å². The molecule has 2 amide bonds. The van der Waals surface area contributed by atoms with Crippen LogP contribution in [0.15, 0.2) is 48.5 Å². The van der Waals surface area contributed by atoms with Gasteiger partial charge < -0.3 is 4.74 Å². The second kappa shape index (κ2) is 5.34. The van der Waals surface area contributed by atoms with Crippen molar-refractivity contribution in [3.63, 3.8) is 0 Å². The Balaban J connectivity index is 1.80. The number of hydrogen-bond donors (Lipinski definition) is 0. The van der Waals surface area contributed by atoms with E-state index in [1.165, 1.54) is 6.07 Å². The van der Waals surface area contributed by atoms with Crippen LogP contribution in [0.4, 0.5) is 18.9 Å². The maximum atomic E-state index is 13.0. The van der Waals surface area contributed by atoms with Gasteiger partial charge in [0.1, 0.15) is 12.4 Å². The molecule has 25 heavy (non-hydrogen) atoms. The standard InChI is InChI=1S/C18H12F3NO3/c19-18(20,21)10-6-7-14-12(8-10)15-13(9-25-14)16(23)22(17(15)24)11-4-2-1-3-5-11/h1-8,13,15H,9H2. The molecule has 2 aliphatic rings. The van der Waals surface area contributed by atoms with Crippen molar-refractivity contribution in [2.45, 2.75) is 12.1 Å². The fraction of sp³-hybridized carbons (Fsp3) is 0.222. The Morgan fingerprint density at radius 1 is 1.00 bits per heavy atom. The van der Waals surface area contributed by atoms with Crippen LogP contribution < -0.4 is 9.64 Å². The Kier molecular flexibility index (Phi) is 3.35. The highest BCUT2D eigenvalue weighted by Gasteiger charge is 2.52. The number of ether oxygens (including phenoxy) is 1. The van der Waals surface area contributed by atoms with Crippen molar-refractivity contribution in [1.82, 2.24) is 0 Å². The number of carbonyl (C=O) groups is 2. The van der Waals surface area contributed by atoms with E-state index in [-0.39, 0.29) is 17.9 Å². The van der Waals surface area contributed by atoms with E-state index in [0.717, 1.165) is 17.0 Å². The molecule has 2 unspecified atom stereocenters. The molecule has 4 nitrogen and oxygen atoms in total. The zero-order valence-electron chi connectivity index (χ0n) is 12.8. The lowest BCUT2D eigenvalue weighted by atomic mass is 9.85. The van der Waals surface area contributed by atoms with E-state index in [1.54, 1.807) is 30.3 Å². The van der Waals surface area contributed by atoms with Gasteiger partial charge >= 0.3 is 6.18 Å². The Labute approximate surface area is 140 Å². The van der Waals surface area contributed by atoms with Gasteiger partial charge in [-0.3, -0.25) is 9.59 Å². The average Bonchev–Trinajstić information content (AvgIpc) is 2.85. The van der Waals surface area contributed by atoms with Crippen LogP contribution in [0.1, 0.15) is 17.0 Å². The predicted molar refractivity (Wildman–Crippen MR) is 82.1 cm³/mol. The third-order valence-electron chi connectivity index (χ3n) is 4.53. The second-order valence-corrected chi connectivity index (χ2v) is 5.99. The normalized spacial score (nSPS) is 22.4. The Bertz CT molecular complexity index is 864. The molecule has 0 saturated carbocycles. The smallest absolute Gasteiger partial charge is 0.416 e. The molecule has 0 N–H and O–H groups in total. The summed E-state index contributed by atoms with van der Waals surface area (Å²) in [4.78, 5) is 26.5. The summed E-state index contributed by atoms with van der Waals surface area (Å²) < 4.78 is 44.5. The molecular formula is C18H12F3NO3. The monoisotopic (exact) mass is 347 g/mol. The maximum absolute atomic E-state index is 13.0. The van der Waals surface area contributed by atoms with Crippen molar-refractivity contribution in [3.8, 4) is 5.75 Å². The van der Waals surface area contributed by atoms with Crippen molar-refractivity contribution in [2.24, 2.45) is 5.92 Å². The molecule has 2 atom stereocenters. The van der Waals surface area contributed by atoms with E-state index in [0.29, 0.717) is 5.69 Å². The summed E-state index contributed by atoms with van der Waals surface area (Å²) in [5, 5.41) is 0. The number of anilines is 1. The molecule has 0 spiro atoms. The minimum atomic E-state index is -4.53. The highest BCUT2D eigenvalue weighted by atomic mass is 19.4. The molecule has 128 valence electrons. The summed E-state index contributed by atoms with van der Waals surface area (Å²) in [6.07, 6.45) is -4.53. The summed E-state index contributed by atoms with van der Waals surface area (Å²) >= 11 is 0. The van der Waals surface area contributed by atoms with Crippen molar-refractivity contribution in [3.05, 3.63) is 59.7 Å². The molecule has 2 aromatic carbocycles. The van der Waals surface area contributed by atoms with Crippen LogP contribution in [0, 0.1) is 5.92 Å². The van der Waals surface area contributed by atoms with Crippen LogP contribution in [0.25, 0.3) is 0 Å². The minimum Gasteiger partial charge on any atom is -0.492 e. The van der Waals surface area contributed by atoms with Crippen LogP contribution in [0.5, 0.6) is 5.75 Å². The summed E-state index contributed by atoms with van der Waals surface area (Å²) in [7, 11) is 0. The Morgan fingerprint density at radius 3 is 2.40 bits per heavy atom. The molecular weight excluding hydrogens is 335 g/mol. The molecule has 0 bridgehead atoms. The number of alkyl halides is 3. The van der Waals surface area contributed by atoms with Gasteiger partial charge in [0.15, 0.2) is 0 Å². The van der Waals surface area contributed by atoms with E-state index >= 15 is 0 Å². The first-order valence-corrected chi connectivity index (χ1v) is 7.65. The molecule has 4 rings (SSSR count). The highest BCUT2D eigenvalue weighted by molar-refractivity contribution is 6.24. The largest absolute Gasteiger partial charge is 0.492 e. The molecule has 2 aromatic rings. The van der Waals surface area contributed by atoms with E-state index in [9.17, 15) is 22.8 Å². The van der Waals surface area contributed by atoms with Crippen LogP contribution in [0.2, 0.25) is 0 Å². The topological polar surface area (TPSA) is 46.6 Å². The summed E-state index contributed by atoms with van der Waals surface area (Å²) in [6.45, 7) is -0.0308. The van der Waals surface area contributed by atoms with Gasteiger partial charge in [-0.15, -0.1) is 0 Å². The number of para-hydroxylation sites is 1. The molecule has 7 heteroatoms. The molecule has 0 aliphatic carbocycles. The van der Waals surface area contributed by atoms with Gasteiger partial charge in [-0.05, 0) is 30.3 Å². The number of hydrogen-bond acceptors (Lipinski definition) is 3. The lowest BCUT2D eigenvalue weighted by Gasteiger charge is -2.26. The number of carbonyl (C=O) groups excluding carboxylic acids is 2. The average molecular weight is 347 g/mol. The first-order chi connectivity index (χ1) is 11.9. The third-order valence-corrected chi connectivity index (χ3v) is 4.53. The lowest BCUT2D eigenvalue weighted by molar-refractivity contribution is -0.137. The molecule has 0 aromatic heterocycles. The number of nitrogens with zero attached hydrogens (tertiary/aromatic N) is 1. The fourth-order valence-electron chi connectivity index (χ4n) is 3.36. The zero-order chi connectivity index (χ0) is 17.8. The van der Waals surface area contributed by atoms with Crippen LogP contribution in [0.3, 0.4) is 0 Å². The van der Waals surface area contributed by atoms with E-state index in [4.69, 9.17) is 4.74 Å². The van der Waals surface area contributed by atoms with Crippen LogP contribution >= 0.6 is 0 Å². The quantitative estimate of drug-likeness (QED) is 0.743. The first-order valence-electron chi connectivity index (χ1n) is 7.65. The van der Waals surface area contributed by atoms with Gasteiger partial charge in [0.25, 0.3) is 0 Å². The van der Waals surface area contributed by atoms with Gasteiger partial charge in [-0.2, -0.15) is 13.2 Å². The van der Waals surface area contributed by atoms with Crippen molar-refractivity contribution < 1.29 is 27.5 Å². The number of rotatable bonds is 1. The first kappa shape index (κ1) is 15.7. The van der Waals surface area contributed by atoms with Crippen molar-refractivity contribution in [1.29, 1.82) is 0 Å². The lowest BCUT2D eigenvalue weighted by Crippen LogP contribution is -2.31. The van der Waals surface area contributed by atoms with Gasteiger partial charge in [0.05, 0.1) is 23.1 Å². The number of imide groups is 1. The SMILES string of the molecule is O=C1C2COc3ccc(C(F)(F)F)cc3C2C(=O)N1c1ccccc1. The summed E-state index contributed by atoms with van der Waals surface area (Å²) in [5.74, 6) is -2.54. The van der Waals surface area contributed by atoms with E-state index < -0.39 is 35.4 Å². The summed E-state index contributed by atoms with van der Waals surface area (Å²) in [6, 6.07) is 11.4. The van der Waals surface area contributed by atoms with E-state index in [2.05, 4.69) is 0 Å². The van der Waals surface area contributed by atoms with Crippen molar-refractivity contribution >= 4 is 17.5 Å². The maximum Gasteiger partial charge on any atom is 0.416 e. The minimum absolute atomic E-state index is 0.0308. The third kappa shape index (κ3) is 2.38. The number of amides is 2. The number of halogens is 3. The van der Waals surface area contributed by atoms with Gasteiger partial charge in [0.2, 0.25) is 11.8 Å². The van der Waals surface area contributed by atoms with E-state index in [1.807, 2.05) is 0 Å². The molecule has 1 saturated heterocycles. The molecule has 2 heterocycles. The molecule has 1 fully saturated rings. The Morgan fingerprint density at radius 2 is 1.72 bits per heavy atom. The molecule has 0 radical (unpaired) electrons. The van der Waals surface area contributed by atoms with Crippen LogP contribution in [-0.2, 0) is 15.8 Å². The second-order valence-electron chi connectivity index (χ2n) is 5.99. The van der Waals surface area contributed by atoms with Gasteiger partial charge in [0, 0.05) is 5.56 Å². The Hall–Kier alpha value is -2.83. The van der Waals surface area contributed by atoms with Crippen molar-refractivity contribution in [2.75, 3.05) is 11.5 Å². The zero-order valence-corrected chi connectivity index (χ0v) is 12.8. The summed E-state index contributed by atoms with van der Waals surface area (Å²) in [5.41, 5.74) is -0.350. The molecule has 2 aliphatic heterocycles. The van der Waals surface area contributed by atoms with Gasteiger partial charge in [-0.25, -0.2) is 4.90 Å². The highest BCUT2D eigenvalue weighted by Crippen LogP contribution is 2.46. The number of fused-ring (bicyclic) bond motifs is 3.